The average molecular weight is 390 g/mol. The van der Waals surface area contributed by atoms with Crippen molar-refractivity contribution in [2.45, 2.75) is 31.9 Å². The standard InChI is InChI=1S/C19H31N7O2/c1-3-20-19(21-10-17-12-24-6-4-5-15(24)14-28-17)25-7-8-26(18(27)13-25)16-9-22-23(2)11-16/h9,11,15,17H,3-8,10,12-14H2,1-2H3,(H,20,21). The maximum Gasteiger partial charge on any atom is 0.246 e. The van der Waals surface area contributed by atoms with Gasteiger partial charge in [0.15, 0.2) is 5.96 Å². The number of nitrogens with one attached hydrogen (secondary N) is 1. The van der Waals surface area contributed by atoms with Crippen molar-refractivity contribution < 1.29 is 9.53 Å². The number of carbonyl (C=O) groups is 1. The number of amides is 1. The van der Waals surface area contributed by atoms with E-state index in [1.54, 1.807) is 15.8 Å². The highest BCUT2D eigenvalue weighted by atomic mass is 16.5. The van der Waals surface area contributed by atoms with Crippen LogP contribution < -0.4 is 10.2 Å². The molecule has 4 heterocycles. The van der Waals surface area contributed by atoms with Crippen molar-refractivity contribution in [2.75, 3.05) is 57.3 Å². The van der Waals surface area contributed by atoms with E-state index in [1.807, 2.05) is 18.1 Å². The topological polar surface area (TPSA) is 78.2 Å². The minimum absolute atomic E-state index is 0.0682. The van der Waals surface area contributed by atoms with Crippen LogP contribution in [0.4, 0.5) is 5.69 Å². The largest absolute Gasteiger partial charge is 0.373 e. The van der Waals surface area contributed by atoms with Gasteiger partial charge in [-0.05, 0) is 26.3 Å². The molecule has 9 nitrogen and oxygen atoms in total. The molecule has 1 aromatic rings. The van der Waals surface area contributed by atoms with E-state index in [0.29, 0.717) is 25.7 Å². The first-order valence-corrected chi connectivity index (χ1v) is 10.3. The average Bonchev–Trinajstić information content (AvgIpc) is 3.33. The van der Waals surface area contributed by atoms with Crippen molar-refractivity contribution in [2.24, 2.45) is 12.0 Å². The number of ether oxygens (including phenoxy) is 1. The molecule has 28 heavy (non-hydrogen) atoms. The van der Waals surface area contributed by atoms with E-state index in [4.69, 9.17) is 9.73 Å². The summed E-state index contributed by atoms with van der Waals surface area (Å²) in [6.45, 7) is 8.10. The van der Waals surface area contributed by atoms with Crippen LogP contribution in [0.2, 0.25) is 0 Å². The van der Waals surface area contributed by atoms with Crippen molar-refractivity contribution in [1.82, 2.24) is 24.9 Å². The van der Waals surface area contributed by atoms with Crippen molar-refractivity contribution >= 4 is 17.6 Å². The molecule has 1 N–H and O–H groups in total. The third kappa shape index (κ3) is 4.15. The van der Waals surface area contributed by atoms with Crippen LogP contribution in [0.3, 0.4) is 0 Å². The molecular weight excluding hydrogens is 358 g/mol. The molecule has 3 saturated heterocycles. The highest BCUT2D eigenvalue weighted by molar-refractivity contribution is 5.98. The summed E-state index contributed by atoms with van der Waals surface area (Å²) >= 11 is 0. The van der Waals surface area contributed by atoms with Crippen molar-refractivity contribution in [3.63, 3.8) is 0 Å². The van der Waals surface area contributed by atoms with Crippen molar-refractivity contribution in [1.29, 1.82) is 0 Å². The molecule has 0 aliphatic carbocycles. The summed E-state index contributed by atoms with van der Waals surface area (Å²) in [7, 11) is 1.86. The Morgan fingerprint density at radius 1 is 1.39 bits per heavy atom. The van der Waals surface area contributed by atoms with Gasteiger partial charge in [-0.25, -0.2) is 0 Å². The third-order valence-electron chi connectivity index (χ3n) is 5.76. The lowest BCUT2D eigenvalue weighted by Crippen LogP contribution is -2.55. The van der Waals surface area contributed by atoms with E-state index in [1.165, 1.54) is 19.4 Å². The summed E-state index contributed by atoms with van der Waals surface area (Å²) in [6.07, 6.45) is 6.27. The lowest BCUT2D eigenvalue weighted by Gasteiger charge is -2.36. The van der Waals surface area contributed by atoms with Gasteiger partial charge >= 0.3 is 0 Å². The zero-order valence-corrected chi connectivity index (χ0v) is 16.9. The normalized spacial score (nSPS) is 26.6. The van der Waals surface area contributed by atoms with Gasteiger partial charge in [-0.1, -0.05) is 0 Å². The Hall–Kier alpha value is -2.13. The van der Waals surface area contributed by atoms with Gasteiger partial charge in [-0.15, -0.1) is 0 Å². The molecule has 1 amide bonds. The molecule has 4 rings (SSSR count). The Bertz CT molecular complexity index is 719. The highest BCUT2D eigenvalue weighted by Crippen LogP contribution is 2.22. The summed E-state index contributed by atoms with van der Waals surface area (Å²) in [5.74, 6) is 0.868. The molecule has 0 radical (unpaired) electrons. The first-order valence-electron chi connectivity index (χ1n) is 10.3. The molecule has 3 fully saturated rings. The van der Waals surface area contributed by atoms with Gasteiger partial charge in [-0.2, -0.15) is 5.10 Å². The summed E-state index contributed by atoms with van der Waals surface area (Å²) in [6, 6.07) is 0.603. The Morgan fingerprint density at radius 2 is 2.29 bits per heavy atom. The molecule has 3 aliphatic rings. The van der Waals surface area contributed by atoms with Crippen molar-refractivity contribution in [3.8, 4) is 0 Å². The molecule has 9 heteroatoms. The number of aromatic nitrogens is 2. The number of rotatable bonds is 4. The second-order valence-electron chi connectivity index (χ2n) is 7.78. The molecule has 0 bridgehead atoms. The maximum absolute atomic E-state index is 12.7. The van der Waals surface area contributed by atoms with Gasteiger partial charge in [0.25, 0.3) is 0 Å². The van der Waals surface area contributed by atoms with E-state index in [0.717, 1.165) is 37.9 Å². The number of nitrogens with zero attached hydrogens (tertiary/aromatic N) is 6. The van der Waals surface area contributed by atoms with Crippen LogP contribution in [0.25, 0.3) is 0 Å². The van der Waals surface area contributed by atoms with Gasteiger partial charge in [0, 0.05) is 45.5 Å². The maximum atomic E-state index is 12.7. The van der Waals surface area contributed by atoms with E-state index >= 15 is 0 Å². The summed E-state index contributed by atoms with van der Waals surface area (Å²) in [5, 5.41) is 7.51. The van der Waals surface area contributed by atoms with Gasteiger partial charge in [-0.3, -0.25) is 19.4 Å². The smallest absolute Gasteiger partial charge is 0.246 e. The predicted octanol–water partition coefficient (Wildman–Crippen LogP) is -0.103. The molecule has 154 valence electrons. The highest BCUT2D eigenvalue weighted by Gasteiger charge is 2.32. The lowest BCUT2D eigenvalue weighted by molar-refractivity contribution is -0.120. The Morgan fingerprint density at radius 3 is 3.04 bits per heavy atom. The van der Waals surface area contributed by atoms with Crippen LogP contribution >= 0.6 is 0 Å². The van der Waals surface area contributed by atoms with Crippen LogP contribution in [-0.4, -0.2) is 96.0 Å². The summed E-state index contributed by atoms with van der Waals surface area (Å²) < 4.78 is 7.74. The second-order valence-corrected chi connectivity index (χ2v) is 7.78. The molecule has 0 spiro atoms. The van der Waals surface area contributed by atoms with E-state index in [9.17, 15) is 4.79 Å². The first kappa shape index (κ1) is 19.2. The van der Waals surface area contributed by atoms with Gasteiger partial charge < -0.3 is 19.9 Å². The molecular formula is C19H31N7O2. The number of morpholine rings is 1. The Balaban J connectivity index is 1.36. The van der Waals surface area contributed by atoms with E-state index < -0.39 is 0 Å². The zero-order valence-electron chi connectivity index (χ0n) is 16.9. The van der Waals surface area contributed by atoms with Crippen LogP contribution in [0.5, 0.6) is 0 Å². The molecule has 1 aromatic heterocycles. The first-order chi connectivity index (χ1) is 13.6. The van der Waals surface area contributed by atoms with Crippen LogP contribution in [0.15, 0.2) is 17.4 Å². The molecule has 3 aliphatic heterocycles. The molecule has 2 atom stereocenters. The fourth-order valence-corrected chi connectivity index (χ4v) is 4.28. The molecule has 2 unspecified atom stereocenters. The minimum atomic E-state index is 0.0682. The van der Waals surface area contributed by atoms with Crippen LogP contribution in [-0.2, 0) is 16.6 Å². The number of carbonyl (C=O) groups excluding carboxylic acids is 1. The fraction of sp³-hybridized carbons (Fsp3) is 0.737. The number of aliphatic imine (C=N–C) groups is 1. The summed E-state index contributed by atoms with van der Waals surface area (Å²) in [4.78, 5) is 23.9. The predicted molar refractivity (Wildman–Crippen MR) is 107 cm³/mol. The fourth-order valence-electron chi connectivity index (χ4n) is 4.28. The van der Waals surface area contributed by atoms with Crippen molar-refractivity contribution in [3.05, 3.63) is 12.4 Å². The Kier molecular flexibility index (Phi) is 5.82. The van der Waals surface area contributed by atoms with Gasteiger partial charge in [0.05, 0.1) is 31.1 Å². The SMILES string of the molecule is CCNC(=NCC1CN2CCCC2CO1)N1CCN(c2cnn(C)c2)C(=O)C1. The summed E-state index contributed by atoms with van der Waals surface area (Å²) in [5.41, 5.74) is 0.852. The number of hydrogen-bond donors (Lipinski definition) is 1. The number of guanidine groups is 1. The zero-order chi connectivity index (χ0) is 19.5. The van der Waals surface area contributed by atoms with Crippen LogP contribution in [0.1, 0.15) is 19.8 Å². The number of fused-ring (bicyclic) bond motifs is 1. The monoisotopic (exact) mass is 389 g/mol. The van der Waals surface area contributed by atoms with Gasteiger partial charge in [0.1, 0.15) is 6.54 Å². The lowest BCUT2D eigenvalue weighted by atomic mass is 10.2. The van der Waals surface area contributed by atoms with E-state index in [2.05, 4.69) is 22.2 Å². The van der Waals surface area contributed by atoms with Gasteiger partial charge in [0.2, 0.25) is 5.91 Å². The third-order valence-corrected chi connectivity index (χ3v) is 5.76. The number of hydrogen-bond acceptors (Lipinski definition) is 5. The molecule has 0 saturated carbocycles. The number of anilines is 1. The van der Waals surface area contributed by atoms with Crippen LogP contribution in [0, 0.1) is 0 Å². The molecule has 0 aromatic carbocycles. The quantitative estimate of drug-likeness (QED) is 0.572. The second kappa shape index (κ2) is 8.48. The Labute approximate surface area is 166 Å². The minimum Gasteiger partial charge on any atom is -0.373 e. The number of aryl methyl sites for hydroxylation is 1. The number of piperazine rings is 1. The van der Waals surface area contributed by atoms with E-state index in [-0.39, 0.29) is 12.0 Å².